The fourth-order valence-corrected chi connectivity index (χ4v) is 8.13. The minimum atomic E-state index is -4.17. The van der Waals surface area contributed by atoms with Gasteiger partial charge >= 0.3 is 0 Å². The molecule has 0 bridgehead atoms. The fourth-order valence-electron chi connectivity index (χ4n) is 3.48. The Kier molecular flexibility index (Phi) is 5.81. The molecule has 3 rings (SSSR count). The standard InChI is InChI=1S/C20H22O5S2/c21-19-14-8-7-9-16(19)15-20(26(22,23)17-10-3-1-4-11-17)27(24,25)18-12-5-2-6-13-18/h1-6,10-13,16,20H,7-9,14-15H2. The Morgan fingerprint density at radius 1 is 0.778 bits per heavy atom. The quantitative estimate of drug-likeness (QED) is 0.734. The fraction of sp³-hybridized carbons (Fsp3) is 0.350. The molecule has 0 aliphatic heterocycles. The van der Waals surface area contributed by atoms with Gasteiger partial charge in [-0.3, -0.25) is 4.79 Å². The molecule has 0 saturated heterocycles. The van der Waals surface area contributed by atoms with Gasteiger partial charge in [0, 0.05) is 12.3 Å². The Balaban J connectivity index is 2.08. The predicted molar refractivity (Wildman–Crippen MR) is 103 cm³/mol. The second kappa shape index (κ2) is 7.94. The normalized spacial score (nSPS) is 18.6. The van der Waals surface area contributed by atoms with E-state index in [2.05, 4.69) is 0 Å². The Bertz CT molecular complexity index is 927. The maximum Gasteiger partial charge on any atom is 0.195 e. The van der Waals surface area contributed by atoms with Gasteiger partial charge in [0.25, 0.3) is 0 Å². The second-order valence-electron chi connectivity index (χ2n) is 6.79. The maximum atomic E-state index is 13.2. The van der Waals surface area contributed by atoms with E-state index in [4.69, 9.17) is 0 Å². The van der Waals surface area contributed by atoms with Crippen molar-refractivity contribution in [3.05, 3.63) is 60.7 Å². The monoisotopic (exact) mass is 406 g/mol. The van der Waals surface area contributed by atoms with Crippen LogP contribution in [0.4, 0.5) is 0 Å². The van der Waals surface area contributed by atoms with Crippen molar-refractivity contribution in [2.75, 3.05) is 0 Å². The zero-order valence-corrected chi connectivity index (χ0v) is 16.5. The molecule has 1 aliphatic carbocycles. The second-order valence-corrected chi connectivity index (χ2v) is 11.3. The first-order valence-electron chi connectivity index (χ1n) is 8.94. The molecular weight excluding hydrogens is 384 g/mol. The number of hydrogen-bond acceptors (Lipinski definition) is 5. The van der Waals surface area contributed by atoms with Crippen LogP contribution in [0.5, 0.6) is 0 Å². The third-order valence-corrected chi connectivity index (χ3v) is 10.1. The Hall–Kier alpha value is -1.99. The summed E-state index contributed by atoms with van der Waals surface area (Å²) < 4.78 is 51.3. The van der Waals surface area contributed by atoms with Crippen molar-refractivity contribution in [1.82, 2.24) is 0 Å². The summed E-state index contributed by atoms with van der Waals surface area (Å²) in [5, 5.41) is 0. The number of Topliss-reactive ketones (excluding diaryl/α,β-unsaturated/α-hetero) is 1. The maximum absolute atomic E-state index is 13.2. The van der Waals surface area contributed by atoms with Gasteiger partial charge in [0.2, 0.25) is 0 Å². The third-order valence-electron chi connectivity index (χ3n) is 4.99. The van der Waals surface area contributed by atoms with Gasteiger partial charge in [-0.25, -0.2) is 16.8 Å². The Morgan fingerprint density at radius 3 is 1.70 bits per heavy atom. The highest BCUT2D eigenvalue weighted by molar-refractivity contribution is 8.09. The lowest BCUT2D eigenvalue weighted by Gasteiger charge is -2.25. The van der Waals surface area contributed by atoms with Crippen LogP contribution in [0.25, 0.3) is 0 Å². The van der Waals surface area contributed by atoms with E-state index in [1.807, 2.05) is 0 Å². The molecule has 7 heteroatoms. The smallest absolute Gasteiger partial charge is 0.195 e. The number of carbonyl (C=O) groups is 1. The topological polar surface area (TPSA) is 85.3 Å². The number of carbonyl (C=O) groups excluding carboxylic acids is 1. The highest BCUT2D eigenvalue weighted by Crippen LogP contribution is 2.34. The minimum absolute atomic E-state index is 0.0437. The highest BCUT2D eigenvalue weighted by Gasteiger charge is 2.42. The molecule has 0 spiro atoms. The van der Waals surface area contributed by atoms with Crippen LogP contribution in [-0.4, -0.2) is 27.2 Å². The summed E-state index contributed by atoms with van der Waals surface area (Å²) in [4.78, 5) is 12.2. The van der Waals surface area contributed by atoms with E-state index in [0.717, 1.165) is 12.8 Å². The Labute approximate surface area is 160 Å². The molecule has 1 aliphatic rings. The van der Waals surface area contributed by atoms with Gasteiger partial charge in [-0.2, -0.15) is 0 Å². The number of ketones is 1. The molecule has 27 heavy (non-hydrogen) atoms. The van der Waals surface area contributed by atoms with Crippen molar-refractivity contribution >= 4 is 25.5 Å². The van der Waals surface area contributed by atoms with Crippen molar-refractivity contribution < 1.29 is 21.6 Å². The highest BCUT2D eigenvalue weighted by atomic mass is 32.3. The number of sulfone groups is 2. The van der Waals surface area contributed by atoms with Crippen LogP contribution in [0.15, 0.2) is 70.5 Å². The molecule has 0 heterocycles. The van der Waals surface area contributed by atoms with Gasteiger partial charge in [-0.15, -0.1) is 0 Å². The lowest BCUT2D eigenvalue weighted by molar-refractivity contribution is -0.124. The van der Waals surface area contributed by atoms with Crippen LogP contribution in [0.1, 0.15) is 32.1 Å². The van der Waals surface area contributed by atoms with E-state index in [1.165, 1.54) is 24.3 Å². The SMILES string of the molecule is O=C1CCCCC1CC(S(=O)(=O)c1ccccc1)S(=O)(=O)c1ccccc1. The Morgan fingerprint density at radius 2 is 1.26 bits per heavy atom. The van der Waals surface area contributed by atoms with Crippen LogP contribution in [0.3, 0.4) is 0 Å². The van der Waals surface area contributed by atoms with Crippen molar-refractivity contribution in [1.29, 1.82) is 0 Å². The van der Waals surface area contributed by atoms with Crippen molar-refractivity contribution in [2.45, 2.75) is 46.5 Å². The molecule has 1 atom stereocenters. The molecular formula is C20H22O5S2. The van der Waals surface area contributed by atoms with Gasteiger partial charge in [0.05, 0.1) is 9.79 Å². The molecule has 1 unspecified atom stereocenters. The zero-order valence-electron chi connectivity index (χ0n) is 14.8. The van der Waals surface area contributed by atoms with Crippen molar-refractivity contribution in [3.63, 3.8) is 0 Å². The lowest BCUT2D eigenvalue weighted by Crippen LogP contribution is -2.35. The summed E-state index contributed by atoms with van der Waals surface area (Å²) in [5.74, 6) is -0.585. The van der Waals surface area contributed by atoms with Crippen LogP contribution in [0.2, 0.25) is 0 Å². The van der Waals surface area contributed by atoms with Gasteiger partial charge in [0.15, 0.2) is 24.3 Å². The average molecular weight is 407 g/mol. The summed E-state index contributed by atoms with van der Waals surface area (Å²) >= 11 is 0. The summed E-state index contributed by atoms with van der Waals surface area (Å²) in [6.45, 7) is 0. The molecule has 1 fully saturated rings. The largest absolute Gasteiger partial charge is 0.299 e. The molecule has 1 saturated carbocycles. The number of benzene rings is 2. The van der Waals surface area contributed by atoms with Crippen LogP contribution < -0.4 is 0 Å². The summed E-state index contributed by atoms with van der Waals surface area (Å²) in [5.41, 5.74) is 0. The summed E-state index contributed by atoms with van der Waals surface area (Å²) in [6.07, 6.45) is 2.29. The zero-order chi connectivity index (χ0) is 19.5. The molecule has 2 aromatic carbocycles. The number of rotatable bonds is 6. The van der Waals surface area contributed by atoms with Crippen LogP contribution in [0, 0.1) is 5.92 Å². The summed E-state index contributed by atoms with van der Waals surface area (Å²) in [7, 11) is -8.34. The van der Waals surface area contributed by atoms with E-state index < -0.39 is 30.2 Å². The van der Waals surface area contributed by atoms with Gasteiger partial charge in [-0.1, -0.05) is 42.8 Å². The molecule has 144 valence electrons. The average Bonchev–Trinajstić information content (AvgIpc) is 2.68. The number of hydrogen-bond donors (Lipinski definition) is 0. The van der Waals surface area contributed by atoms with Gasteiger partial charge < -0.3 is 0 Å². The molecule has 2 aromatic rings. The van der Waals surface area contributed by atoms with Crippen LogP contribution >= 0.6 is 0 Å². The molecule has 5 nitrogen and oxygen atoms in total. The van der Waals surface area contributed by atoms with Crippen molar-refractivity contribution in [2.24, 2.45) is 5.92 Å². The molecule has 0 amide bonds. The van der Waals surface area contributed by atoms with E-state index >= 15 is 0 Å². The van der Waals surface area contributed by atoms with Gasteiger partial charge in [-0.05, 0) is 43.5 Å². The minimum Gasteiger partial charge on any atom is -0.299 e. The first-order chi connectivity index (χ1) is 12.8. The first kappa shape index (κ1) is 19.8. The lowest BCUT2D eigenvalue weighted by atomic mass is 9.86. The van der Waals surface area contributed by atoms with Gasteiger partial charge in [0.1, 0.15) is 5.78 Å². The van der Waals surface area contributed by atoms with E-state index in [9.17, 15) is 21.6 Å². The van der Waals surface area contributed by atoms with Crippen molar-refractivity contribution in [3.8, 4) is 0 Å². The van der Waals surface area contributed by atoms with Crippen LogP contribution in [-0.2, 0) is 24.5 Å². The van der Waals surface area contributed by atoms with E-state index in [0.29, 0.717) is 12.8 Å². The van der Waals surface area contributed by atoms with E-state index in [-0.39, 0.29) is 22.0 Å². The molecule has 0 aromatic heterocycles. The predicted octanol–water partition coefficient (Wildman–Crippen LogP) is 3.41. The first-order valence-corrected chi connectivity index (χ1v) is 12.0. The molecule has 0 N–H and O–H groups in total. The van der Waals surface area contributed by atoms with E-state index in [1.54, 1.807) is 36.4 Å². The third kappa shape index (κ3) is 4.14. The summed E-state index contributed by atoms with van der Waals surface area (Å²) in [6, 6.07) is 15.2. The molecule has 0 radical (unpaired) electrons.